The molecule has 0 bridgehead atoms. The van der Waals surface area contributed by atoms with E-state index in [4.69, 9.17) is 14.2 Å². The molecule has 2 rings (SSSR count). The Labute approximate surface area is 124 Å². The number of aldehydes is 1. The lowest BCUT2D eigenvalue weighted by Gasteiger charge is -2.15. The third-order valence-corrected chi connectivity index (χ3v) is 2.97. The average Bonchev–Trinajstić information content (AvgIpc) is 2.54. The second kappa shape index (κ2) is 7.45. The molecule has 0 saturated carbocycles. The van der Waals surface area contributed by atoms with E-state index >= 15 is 0 Å². The van der Waals surface area contributed by atoms with E-state index in [-0.39, 0.29) is 6.79 Å². The minimum atomic E-state index is 0.161. The molecule has 0 N–H and O–H groups in total. The maximum absolute atomic E-state index is 11.2. The summed E-state index contributed by atoms with van der Waals surface area (Å²) >= 11 is 0. The molecule has 2 aromatic rings. The van der Waals surface area contributed by atoms with Crippen LogP contribution in [0.3, 0.4) is 0 Å². The lowest BCUT2D eigenvalue weighted by Crippen LogP contribution is -2.02. The summed E-state index contributed by atoms with van der Waals surface area (Å²) in [5, 5.41) is 0. The van der Waals surface area contributed by atoms with Gasteiger partial charge in [0, 0.05) is 18.2 Å². The summed E-state index contributed by atoms with van der Waals surface area (Å²) < 4.78 is 16.2. The molecule has 0 spiro atoms. The zero-order chi connectivity index (χ0) is 15.1. The molecule has 0 fully saturated rings. The van der Waals surface area contributed by atoms with Gasteiger partial charge in [-0.3, -0.25) is 4.79 Å². The molecule has 0 unspecified atom stereocenters. The highest BCUT2D eigenvalue weighted by molar-refractivity contribution is 5.87. The van der Waals surface area contributed by atoms with E-state index in [1.54, 1.807) is 13.2 Å². The van der Waals surface area contributed by atoms with Gasteiger partial charge in [0.1, 0.15) is 11.5 Å². The van der Waals surface area contributed by atoms with Crippen molar-refractivity contribution in [2.24, 2.45) is 0 Å². The van der Waals surface area contributed by atoms with Crippen LogP contribution in [0.5, 0.6) is 11.5 Å². The van der Waals surface area contributed by atoms with Crippen molar-refractivity contribution < 1.29 is 19.0 Å². The highest BCUT2D eigenvalue weighted by atomic mass is 16.7. The number of rotatable bonds is 7. The van der Waals surface area contributed by atoms with Gasteiger partial charge in [-0.1, -0.05) is 30.3 Å². The number of methoxy groups -OCH3 is 1. The highest BCUT2D eigenvalue weighted by Crippen LogP contribution is 2.38. The first-order valence-electron chi connectivity index (χ1n) is 6.74. The van der Waals surface area contributed by atoms with Crippen LogP contribution >= 0.6 is 0 Å². The molecule has 0 aromatic heterocycles. The molecule has 0 aliphatic heterocycles. The van der Waals surface area contributed by atoms with Gasteiger partial charge in [0.25, 0.3) is 0 Å². The first-order chi connectivity index (χ1) is 10.3. The lowest BCUT2D eigenvalue weighted by molar-refractivity contribution is 0.0515. The zero-order valence-electron chi connectivity index (χ0n) is 12.2. The fraction of sp³-hybridized carbons (Fsp3) is 0.235. The van der Waals surface area contributed by atoms with E-state index in [0.717, 1.165) is 17.4 Å². The standard InChI is InChI=1S/C17H18O4/c1-3-20-17-13(11-18)7-6-9-15(17)14-8-4-5-10-16(14)21-12-19-2/h4-11H,3,12H2,1-2H3. The number of ether oxygens (including phenoxy) is 3. The van der Waals surface area contributed by atoms with Crippen molar-refractivity contribution in [3.05, 3.63) is 48.0 Å². The molecule has 0 amide bonds. The summed E-state index contributed by atoms with van der Waals surface area (Å²) in [7, 11) is 1.57. The topological polar surface area (TPSA) is 44.8 Å². The van der Waals surface area contributed by atoms with Crippen LogP contribution in [0.4, 0.5) is 0 Å². The molecule has 0 atom stereocenters. The maximum atomic E-state index is 11.2. The van der Waals surface area contributed by atoms with Crippen molar-refractivity contribution in [3.63, 3.8) is 0 Å². The van der Waals surface area contributed by atoms with Crippen LogP contribution in [0.15, 0.2) is 42.5 Å². The minimum absolute atomic E-state index is 0.161. The largest absolute Gasteiger partial charge is 0.492 e. The summed E-state index contributed by atoms with van der Waals surface area (Å²) in [5.74, 6) is 1.26. The molecule has 110 valence electrons. The summed E-state index contributed by atoms with van der Waals surface area (Å²) in [4.78, 5) is 11.2. The van der Waals surface area contributed by atoms with Crippen LogP contribution in [-0.2, 0) is 4.74 Å². The molecule has 0 radical (unpaired) electrons. The van der Waals surface area contributed by atoms with E-state index < -0.39 is 0 Å². The summed E-state index contributed by atoms with van der Waals surface area (Å²) in [6.07, 6.45) is 0.799. The van der Waals surface area contributed by atoms with Gasteiger partial charge in [0.2, 0.25) is 0 Å². The van der Waals surface area contributed by atoms with Crippen molar-refractivity contribution >= 4 is 6.29 Å². The Balaban J connectivity index is 2.53. The van der Waals surface area contributed by atoms with Gasteiger partial charge in [-0.25, -0.2) is 0 Å². The van der Waals surface area contributed by atoms with Gasteiger partial charge in [0.15, 0.2) is 13.1 Å². The fourth-order valence-electron chi connectivity index (χ4n) is 2.10. The average molecular weight is 286 g/mol. The summed E-state index contributed by atoms with van der Waals surface area (Å²) in [5.41, 5.74) is 2.21. The van der Waals surface area contributed by atoms with Crippen LogP contribution in [0.1, 0.15) is 17.3 Å². The normalized spacial score (nSPS) is 10.2. The SMILES string of the molecule is CCOc1c(C=O)cccc1-c1ccccc1OCOC. The predicted octanol–water partition coefficient (Wildman–Crippen LogP) is 3.55. The van der Waals surface area contributed by atoms with Crippen molar-refractivity contribution in [2.75, 3.05) is 20.5 Å². The molecular weight excluding hydrogens is 268 g/mol. The highest BCUT2D eigenvalue weighted by Gasteiger charge is 2.14. The Kier molecular flexibility index (Phi) is 5.35. The van der Waals surface area contributed by atoms with Gasteiger partial charge < -0.3 is 14.2 Å². The quantitative estimate of drug-likeness (QED) is 0.577. The smallest absolute Gasteiger partial charge is 0.188 e. The first kappa shape index (κ1) is 15.1. The third-order valence-electron chi connectivity index (χ3n) is 2.97. The van der Waals surface area contributed by atoms with Crippen LogP contribution < -0.4 is 9.47 Å². The van der Waals surface area contributed by atoms with E-state index in [1.807, 2.05) is 43.3 Å². The van der Waals surface area contributed by atoms with Crippen LogP contribution in [0.25, 0.3) is 11.1 Å². The summed E-state index contributed by atoms with van der Waals surface area (Å²) in [6, 6.07) is 13.1. The molecule has 0 saturated heterocycles. The molecule has 21 heavy (non-hydrogen) atoms. The zero-order valence-corrected chi connectivity index (χ0v) is 12.2. The number of benzene rings is 2. The Morgan fingerprint density at radius 3 is 2.48 bits per heavy atom. The number of para-hydroxylation sites is 2. The van der Waals surface area contributed by atoms with Crippen molar-refractivity contribution in [1.82, 2.24) is 0 Å². The number of carbonyl (C=O) groups excluding carboxylic acids is 1. The molecule has 4 nitrogen and oxygen atoms in total. The molecule has 4 heteroatoms. The molecule has 0 heterocycles. The molecule has 2 aromatic carbocycles. The summed E-state index contributed by atoms with van der Waals surface area (Å²) in [6.45, 7) is 2.53. The van der Waals surface area contributed by atoms with Gasteiger partial charge >= 0.3 is 0 Å². The van der Waals surface area contributed by atoms with Gasteiger partial charge in [-0.15, -0.1) is 0 Å². The van der Waals surface area contributed by atoms with Crippen molar-refractivity contribution in [3.8, 4) is 22.6 Å². The van der Waals surface area contributed by atoms with Crippen molar-refractivity contribution in [1.29, 1.82) is 0 Å². The fourth-order valence-corrected chi connectivity index (χ4v) is 2.10. The van der Waals surface area contributed by atoms with Gasteiger partial charge in [0.05, 0.1) is 12.2 Å². The van der Waals surface area contributed by atoms with Gasteiger partial charge in [-0.2, -0.15) is 0 Å². The van der Waals surface area contributed by atoms with E-state index in [1.165, 1.54) is 0 Å². The van der Waals surface area contributed by atoms with Crippen LogP contribution in [0.2, 0.25) is 0 Å². The molecule has 0 aliphatic carbocycles. The Hall–Kier alpha value is -2.33. The first-order valence-corrected chi connectivity index (χ1v) is 6.74. The van der Waals surface area contributed by atoms with E-state index in [0.29, 0.717) is 23.7 Å². The van der Waals surface area contributed by atoms with E-state index in [9.17, 15) is 4.79 Å². The predicted molar refractivity (Wildman–Crippen MR) is 80.9 cm³/mol. The van der Waals surface area contributed by atoms with Crippen molar-refractivity contribution in [2.45, 2.75) is 6.92 Å². The lowest BCUT2D eigenvalue weighted by atomic mass is 10.0. The Morgan fingerprint density at radius 2 is 1.76 bits per heavy atom. The monoisotopic (exact) mass is 286 g/mol. The maximum Gasteiger partial charge on any atom is 0.188 e. The Bertz CT molecular complexity index is 607. The second-order valence-electron chi connectivity index (χ2n) is 4.32. The Morgan fingerprint density at radius 1 is 1.00 bits per heavy atom. The molecular formula is C17H18O4. The third kappa shape index (κ3) is 3.41. The molecule has 0 aliphatic rings. The minimum Gasteiger partial charge on any atom is -0.492 e. The number of hydrogen-bond acceptors (Lipinski definition) is 4. The van der Waals surface area contributed by atoms with Crippen LogP contribution in [0, 0.1) is 0 Å². The van der Waals surface area contributed by atoms with Crippen LogP contribution in [-0.4, -0.2) is 26.8 Å². The van der Waals surface area contributed by atoms with E-state index in [2.05, 4.69) is 0 Å². The number of hydrogen-bond donors (Lipinski definition) is 0. The number of carbonyl (C=O) groups is 1. The van der Waals surface area contributed by atoms with Gasteiger partial charge in [-0.05, 0) is 19.1 Å². The second-order valence-corrected chi connectivity index (χ2v) is 4.32.